The van der Waals surface area contributed by atoms with Crippen molar-refractivity contribution in [1.29, 1.82) is 0 Å². The minimum absolute atomic E-state index is 0.234. The van der Waals surface area contributed by atoms with Crippen LogP contribution in [-0.2, 0) is 0 Å². The second-order valence-electron chi connectivity index (χ2n) is 6.90. The zero-order chi connectivity index (χ0) is 17.0. The van der Waals surface area contributed by atoms with E-state index in [0.717, 1.165) is 12.1 Å². The van der Waals surface area contributed by atoms with Crippen molar-refractivity contribution in [3.05, 3.63) is 87.9 Å². The summed E-state index contributed by atoms with van der Waals surface area (Å²) < 4.78 is 0. The van der Waals surface area contributed by atoms with Gasteiger partial charge in [-0.05, 0) is 46.4 Å². The van der Waals surface area contributed by atoms with Gasteiger partial charge in [0, 0.05) is 10.9 Å². The van der Waals surface area contributed by atoms with Crippen LogP contribution in [0.2, 0.25) is 10.0 Å². The van der Waals surface area contributed by atoms with Crippen molar-refractivity contribution in [2.75, 3.05) is 5.32 Å². The van der Waals surface area contributed by atoms with Crippen LogP contribution in [0.5, 0.6) is 0 Å². The topological polar surface area (TPSA) is 12.0 Å². The molecule has 3 heteroatoms. The van der Waals surface area contributed by atoms with E-state index < -0.39 is 0 Å². The molecule has 3 aromatic carbocycles. The Kier molecular flexibility index (Phi) is 3.55. The van der Waals surface area contributed by atoms with Crippen LogP contribution < -0.4 is 5.32 Å². The van der Waals surface area contributed by atoms with Gasteiger partial charge in [-0.25, -0.2) is 0 Å². The second-order valence-corrected chi connectivity index (χ2v) is 7.74. The standard InChI is InChI=1S/C22H17Cl2N/c23-14-11-19-16-8-4-10-18(16)21(25-22(19)20(24)12-14)17-9-3-6-13-5-1-2-7-15(13)17/h1-9,11-12,16,18,21,25H,10H2/t16-,18-,21-/m0/s1. The molecule has 5 rings (SSSR count). The van der Waals surface area contributed by atoms with E-state index in [4.69, 9.17) is 23.2 Å². The van der Waals surface area contributed by atoms with E-state index >= 15 is 0 Å². The maximum Gasteiger partial charge on any atom is 0.0655 e. The maximum atomic E-state index is 6.54. The van der Waals surface area contributed by atoms with Crippen molar-refractivity contribution < 1.29 is 0 Å². The molecule has 0 unspecified atom stereocenters. The highest BCUT2D eigenvalue weighted by Crippen LogP contribution is 2.52. The summed E-state index contributed by atoms with van der Waals surface area (Å²) >= 11 is 12.8. The summed E-state index contributed by atoms with van der Waals surface area (Å²) in [6.07, 6.45) is 5.67. The smallest absolute Gasteiger partial charge is 0.0655 e. The summed E-state index contributed by atoms with van der Waals surface area (Å²) in [5.74, 6) is 0.837. The molecule has 3 aromatic rings. The summed E-state index contributed by atoms with van der Waals surface area (Å²) in [7, 11) is 0. The molecular formula is C22H17Cl2N. The quantitative estimate of drug-likeness (QED) is 0.459. The zero-order valence-corrected chi connectivity index (χ0v) is 15.1. The lowest BCUT2D eigenvalue weighted by Crippen LogP contribution is -2.29. The van der Waals surface area contributed by atoms with Gasteiger partial charge in [-0.3, -0.25) is 0 Å². The molecule has 0 saturated heterocycles. The Hall–Kier alpha value is -1.96. The zero-order valence-electron chi connectivity index (χ0n) is 13.5. The molecule has 1 N–H and O–H groups in total. The van der Waals surface area contributed by atoms with E-state index in [2.05, 4.69) is 66.0 Å². The van der Waals surface area contributed by atoms with Crippen LogP contribution >= 0.6 is 23.2 Å². The minimum atomic E-state index is 0.234. The molecule has 0 radical (unpaired) electrons. The third kappa shape index (κ3) is 2.38. The number of benzene rings is 3. The van der Waals surface area contributed by atoms with E-state index in [1.807, 2.05) is 6.07 Å². The van der Waals surface area contributed by atoms with E-state index in [9.17, 15) is 0 Å². The summed E-state index contributed by atoms with van der Waals surface area (Å²) in [5.41, 5.74) is 3.58. The number of anilines is 1. The van der Waals surface area contributed by atoms with Gasteiger partial charge in [0.2, 0.25) is 0 Å². The third-order valence-corrected chi connectivity index (χ3v) is 6.06. The molecule has 0 spiro atoms. The SMILES string of the molecule is Clc1cc(Cl)c2c(c1)[C@H]1C=CC[C@@H]1[C@H](c1cccc3ccccc13)N2. The van der Waals surface area contributed by atoms with Crippen molar-refractivity contribution in [2.24, 2.45) is 5.92 Å². The van der Waals surface area contributed by atoms with E-state index in [1.54, 1.807) is 0 Å². The lowest BCUT2D eigenvalue weighted by Gasteiger charge is -2.38. The van der Waals surface area contributed by atoms with Gasteiger partial charge >= 0.3 is 0 Å². The number of hydrogen-bond donors (Lipinski definition) is 1. The number of rotatable bonds is 1. The van der Waals surface area contributed by atoms with Gasteiger partial charge in [-0.15, -0.1) is 0 Å². The summed E-state index contributed by atoms with van der Waals surface area (Å²) in [6.45, 7) is 0. The average Bonchev–Trinajstić information content (AvgIpc) is 3.11. The fourth-order valence-corrected chi connectivity index (χ4v) is 5.01. The molecule has 124 valence electrons. The molecule has 0 amide bonds. The lowest BCUT2D eigenvalue weighted by molar-refractivity contribution is 0.427. The Balaban J connectivity index is 1.70. The van der Waals surface area contributed by atoms with Crippen LogP contribution in [-0.4, -0.2) is 0 Å². The van der Waals surface area contributed by atoms with Gasteiger partial charge in [-0.1, -0.05) is 77.8 Å². The molecule has 0 saturated carbocycles. The van der Waals surface area contributed by atoms with Crippen LogP contribution in [0.15, 0.2) is 66.7 Å². The van der Waals surface area contributed by atoms with Crippen LogP contribution in [0.1, 0.15) is 29.5 Å². The molecule has 1 heterocycles. The van der Waals surface area contributed by atoms with Crippen molar-refractivity contribution in [2.45, 2.75) is 18.4 Å². The van der Waals surface area contributed by atoms with Crippen molar-refractivity contribution in [3.8, 4) is 0 Å². The highest BCUT2D eigenvalue weighted by Gasteiger charge is 2.39. The summed E-state index contributed by atoms with van der Waals surface area (Å²) in [6, 6.07) is 19.3. The average molecular weight is 366 g/mol. The number of hydrogen-bond acceptors (Lipinski definition) is 1. The first-order chi connectivity index (χ1) is 12.2. The minimum Gasteiger partial charge on any atom is -0.376 e. The highest BCUT2D eigenvalue weighted by molar-refractivity contribution is 6.36. The van der Waals surface area contributed by atoms with Crippen LogP contribution in [0.3, 0.4) is 0 Å². The Bertz CT molecular complexity index is 1000. The number of fused-ring (bicyclic) bond motifs is 4. The third-order valence-electron chi connectivity index (χ3n) is 5.54. The predicted molar refractivity (Wildman–Crippen MR) is 107 cm³/mol. The first-order valence-electron chi connectivity index (χ1n) is 8.62. The predicted octanol–water partition coefficient (Wildman–Crippen LogP) is 6.97. The van der Waals surface area contributed by atoms with Gasteiger partial charge < -0.3 is 5.32 Å². The molecule has 0 bridgehead atoms. The molecule has 0 fully saturated rings. The maximum absolute atomic E-state index is 6.54. The first-order valence-corrected chi connectivity index (χ1v) is 9.38. The fraction of sp³-hybridized carbons (Fsp3) is 0.182. The normalized spacial score (nSPS) is 24.0. The van der Waals surface area contributed by atoms with Gasteiger partial charge in [0.25, 0.3) is 0 Å². The molecule has 2 aliphatic rings. The molecule has 3 atom stereocenters. The van der Waals surface area contributed by atoms with Crippen molar-refractivity contribution >= 4 is 39.7 Å². The van der Waals surface area contributed by atoms with Gasteiger partial charge in [0.15, 0.2) is 0 Å². The van der Waals surface area contributed by atoms with E-state index in [-0.39, 0.29) is 6.04 Å². The molecule has 1 aliphatic carbocycles. The number of halogens is 2. The Morgan fingerprint density at radius 1 is 0.920 bits per heavy atom. The second kappa shape index (κ2) is 5.79. The van der Waals surface area contributed by atoms with Gasteiger partial charge in [-0.2, -0.15) is 0 Å². The summed E-state index contributed by atoms with van der Waals surface area (Å²) in [4.78, 5) is 0. The van der Waals surface area contributed by atoms with Gasteiger partial charge in [0.1, 0.15) is 0 Å². The Morgan fingerprint density at radius 2 is 1.76 bits per heavy atom. The molecule has 0 aromatic heterocycles. The van der Waals surface area contributed by atoms with E-state index in [0.29, 0.717) is 21.9 Å². The largest absolute Gasteiger partial charge is 0.376 e. The van der Waals surface area contributed by atoms with Crippen molar-refractivity contribution in [1.82, 2.24) is 0 Å². The van der Waals surface area contributed by atoms with Crippen molar-refractivity contribution in [3.63, 3.8) is 0 Å². The van der Waals surface area contributed by atoms with Crippen LogP contribution in [0.4, 0.5) is 5.69 Å². The number of allylic oxidation sites excluding steroid dienone is 2. The molecule has 25 heavy (non-hydrogen) atoms. The monoisotopic (exact) mass is 365 g/mol. The fourth-order valence-electron chi connectivity index (χ4n) is 4.45. The van der Waals surface area contributed by atoms with E-state index in [1.165, 1.54) is 21.9 Å². The van der Waals surface area contributed by atoms with Gasteiger partial charge in [0.05, 0.1) is 16.8 Å². The van der Waals surface area contributed by atoms with Crippen LogP contribution in [0.25, 0.3) is 10.8 Å². The number of nitrogens with one attached hydrogen (secondary N) is 1. The Labute approximate surface area is 157 Å². The Morgan fingerprint density at radius 3 is 2.68 bits per heavy atom. The molecule has 1 aliphatic heterocycles. The summed E-state index contributed by atoms with van der Waals surface area (Å²) in [5, 5.41) is 7.73. The highest BCUT2D eigenvalue weighted by atomic mass is 35.5. The molecular weight excluding hydrogens is 349 g/mol. The molecule has 1 nitrogen and oxygen atoms in total. The first kappa shape index (κ1) is 15.3. The lowest BCUT2D eigenvalue weighted by atomic mass is 9.76. The van der Waals surface area contributed by atoms with Crippen LogP contribution in [0, 0.1) is 5.92 Å².